The Hall–Kier alpha value is -0.860. The van der Waals surface area contributed by atoms with Gasteiger partial charge in [-0.15, -0.1) is 0 Å². The number of amides is 1. The van der Waals surface area contributed by atoms with Gasteiger partial charge in [0.15, 0.2) is 6.29 Å². The number of ether oxygens (including phenoxy) is 3. The Morgan fingerprint density at radius 1 is 1.40 bits per heavy atom. The van der Waals surface area contributed by atoms with Crippen LogP contribution in [0, 0.1) is 3.57 Å². The predicted molar refractivity (Wildman–Crippen MR) is 84.2 cm³/mol. The predicted octanol–water partition coefficient (Wildman–Crippen LogP) is 3.44. The minimum absolute atomic E-state index is 0.513. The fourth-order valence-corrected chi connectivity index (χ4v) is 2.27. The number of carbonyl (C=O) groups is 1. The molecule has 0 heterocycles. The van der Waals surface area contributed by atoms with E-state index in [2.05, 4.69) is 27.9 Å². The third-order valence-electron chi connectivity index (χ3n) is 2.62. The van der Waals surface area contributed by atoms with Gasteiger partial charge >= 0.3 is 6.09 Å². The van der Waals surface area contributed by atoms with Crippen LogP contribution in [0.15, 0.2) is 24.3 Å². The van der Waals surface area contributed by atoms with Crippen molar-refractivity contribution in [1.82, 2.24) is 5.32 Å². The van der Waals surface area contributed by atoms with Crippen molar-refractivity contribution in [3.05, 3.63) is 33.4 Å². The van der Waals surface area contributed by atoms with Crippen molar-refractivity contribution in [3.63, 3.8) is 0 Å². The van der Waals surface area contributed by atoms with Crippen molar-refractivity contribution >= 4 is 28.7 Å². The standard InChI is InChI=1S/C14H20INO4/c1-4-7-12(20-14(17)16-2)19-13(18-3)10-8-5-6-9-11(10)15/h5-6,8-9,12-13H,4,7H2,1-3H3,(H,16,17)/t12-,13-/m0/s1. The fraction of sp³-hybridized carbons (Fsp3) is 0.500. The molecule has 0 aliphatic rings. The van der Waals surface area contributed by atoms with Gasteiger partial charge < -0.3 is 19.5 Å². The van der Waals surface area contributed by atoms with Crippen LogP contribution in [-0.4, -0.2) is 26.5 Å². The Bertz CT molecular complexity index is 427. The maximum atomic E-state index is 11.3. The van der Waals surface area contributed by atoms with Gasteiger partial charge in [0, 0.05) is 29.7 Å². The largest absolute Gasteiger partial charge is 0.420 e. The molecule has 2 atom stereocenters. The molecule has 1 N–H and O–H groups in total. The number of hydrogen-bond donors (Lipinski definition) is 1. The summed E-state index contributed by atoms with van der Waals surface area (Å²) in [4.78, 5) is 11.3. The zero-order valence-electron chi connectivity index (χ0n) is 11.9. The quantitative estimate of drug-likeness (QED) is 0.570. The first-order valence-corrected chi connectivity index (χ1v) is 7.51. The van der Waals surface area contributed by atoms with Crippen LogP contribution in [0.25, 0.3) is 0 Å². The molecule has 0 bridgehead atoms. The minimum atomic E-state index is -0.638. The van der Waals surface area contributed by atoms with Crippen LogP contribution in [0.3, 0.4) is 0 Å². The number of halogens is 1. The highest BCUT2D eigenvalue weighted by molar-refractivity contribution is 14.1. The molecule has 0 saturated heterocycles. The zero-order valence-corrected chi connectivity index (χ0v) is 14.0. The third kappa shape index (κ3) is 5.26. The number of nitrogens with one attached hydrogen (secondary N) is 1. The molecule has 0 fully saturated rings. The lowest BCUT2D eigenvalue weighted by molar-refractivity contribution is -0.224. The molecule has 0 unspecified atom stereocenters. The Labute approximate surface area is 133 Å². The summed E-state index contributed by atoms with van der Waals surface area (Å²) < 4.78 is 17.4. The highest BCUT2D eigenvalue weighted by atomic mass is 127. The second-order valence-electron chi connectivity index (χ2n) is 4.10. The maximum Gasteiger partial charge on any atom is 0.409 e. The Morgan fingerprint density at radius 3 is 2.65 bits per heavy atom. The molecule has 0 radical (unpaired) electrons. The first kappa shape index (κ1) is 17.2. The van der Waals surface area contributed by atoms with E-state index in [1.54, 1.807) is 7.11 Å². The van der Waals surface area contributed by atoms with Crippen molar-refractivity contribution in [2.45, 2.75) is 32.3 Å². The monoisotopic (exact) mass is 393 g/mol. The summed E-state index contributed by atoms with van der Waals surface area (Å²) >= 11 is 2.22. The van der Waals surface area contributed by atoms with E-state index in [4.69, 9.17) is 14.2 Å². The van der Waals surface area contributed by atoms with Crippen LogP contribution in [0.2, 0.25) is 0 Å². The van der Waals surface area contributed by atoms with E-state index in [-0.39, 0.29) is 0 Å². The van der Waals surface area contributed by atoms with Crippen LogP contribution >= 0.6 is 22.6 Å². The summed E-state index contributed by atoms with van der Waals surface area (Å²) in [6, 6.07) is 7.77. The topological polar surface area (TPSA) is 56.8 Å². The zero-order chi connectivity index (χ0) is 15.0. The molecule has 0 aliphatic heterocycles. The van der Waals surface area contributed by atoms with Gasteiger partial charge in [-0.05, 0) is 28.7 Å². The third-order valence-corrected chi connectivity index (χ3v) is 3.60. The number of alkyl carbamates (subject to hydrolysis) is 1. The second-order valence-corrected chi connectivity index (χ2v) is 5.26. The molecule has 20 heavy (non-hydrogen) atoms. The van der Waals surface area contributed by atoms with Gasteiger partial charge in [-0.2, -0.15) is 0 Å². The summed E-state index contributed by atoms with van der Waals surface area (Å²) in [7, 11) is 3.08. The van der Waals surface area contributed by atoms with Gasteiger partial charge in [0.25, 0.3) is 0 Å². The molecule has 6 heteroatoms. The van der Waals surface area contributed by atoms with Gasteiger partial charge in [0.1, 0.15) is 0 Å². The second kappa shape index (κ2) is 9.15. The van der Waals surface area contributed by atoms with Gasteiger partial charge in [-0.3, -0.25) is 0 Å². The van der Waals surface area contributed by atoms with E-state index in [9.17, 15) is 4.79 Å². The summed E-state index contributed by atoms with van der Waals surface area (Å²) in [5, 5.41) is 2.41. The molecule has 1 aromatic carbocycles. The summed E-state index contributed by atoms with van der Waals surface area (Å²) in [6.07, 6.45) is -0.271. The maximum absolute atomic E-state index is 11.3. The normalized spacial score (nSPS) is 13.6. The number of rotatable bonds is 7. The van der Waals surface area contributed by atoms with E-state index >= 15 is 0 Å². The molecular weight excluding hydrogens is 373 g/mol. The molecule has 0 saturated carbocycles. The highest BCUT2D eigenvalue weighted by Gasteiger charge is 2.21. The fourth-order valence-electron chi connectivity index (χ4n) is 1.63. The summed E-state index contributed by atoms with van der Waals surface area (Å²) in [6.45, 7) is 2.00. The van der Waals surface area contributed by atoms with Crippen LogP contribution in [0.1, 0.15) is 31.6 Å². The molecule has 0 aromatic heterocycles. The Kier molecular flexibility index (Phi) is 7.86. The molecule has 1 rings (SSSR count). The van der Waals surface area contributed by atoms with Crippen LogP contribution in [0.5, 0.6) is 0 Å². The molecule has 5 nitrogen and oxygen atoms in total. The Balaban J connectivity index is 2.78. The first-order chi connectivity index (χ1) is 9.62. The molecule has 112 valence electrons. The molecule has 1 amide bonds. The molecular formula is C14H20INO4. The lowest BCUT2D eigenvalue weighted by atomic mass is 10.2. The van der Waals surface area contributed by atoms with Crippen molar-refractivity contribution < 1.29 is 19.0 Å². The van der Waals surface area contributed by atoms with Crippen molar-refractivity contribution in [3.8, 4) is 0 Å². The Morgan fingerprint density at radius 2 is 2.10 bits per heavy atom. The van der Waals surface area contributed by atoms with E-state index < -0.39 is 18.7 Å². The minimum Gasteiger partial charge on any atom is -0.420 e. The summed E-state index contributed by atoms with van der Waals surface area (Å²) in [5.74, 6) is 0. The number of methoxy groups -OCH3 is 1. The van der Waals surface area contributed by atoms with Gasteiger partial charge in [0.2, 0.25) is 6.29 Å². The summed E-state index contributed by atoms with van der Waals surface area (Å²) in [5.41, 5.74) is 0.914. The van der Waals surface area contributed by atoms with E-state index in [0.717, 1.165) is 15.6 Å². The molecule has 0 aliphatic carbocycles. The van der Waals surface area contributed by atoms with Crippen molar-refractivity contribution in [1.29, 1.82) is 0 Å². The average molecular weight is 393 g/mol. The molecule has 0 spiro atoms. The average Bonchev–Trinajstić information content (AvgIpc) is 2.45. The van der Waals surface area contributed by atoms with Crippen LogP contribution < -0.4 is 5.32 Å². The van der Waals surface area contributed by atoms with Gasteiger partial charge in [-0.25, -0.2) is 4.79 Å². The van der Waals surface area contributed by atoms with Crippen LogP contribution in [-0.2, 0) is 14.2 Å². The van der Waals surface area contributed by atoms with Crippen molar-refractivity contribution in [2.24, 2.45) is 0 Å². The van der Waals surface area contributed by atoms with Crippen LogP contribution in [0.4, 0.5) is 4.79 Å². The number of benzene rings is 1. The van der Waals surface area contributed by atoms with E-state index in [0.29, 0.717) is 6.42 Å². The number of carbonyl (C=O) groups excluding carboxylic acids is 1. The van der Waals surface area contributed by atoms with Crippen molar-refractivity contribution in [2.75, 3.05) is 14.2 Å². The van der Waals surface area contributed by atoms with Gasteiger partial charge in [-0.1, -0.05) is 31.5 Å². The number of hydrogen-bond acceptors (Lipinski definition) is 4. The van der Waals surface area contributed by atoms with E-state index in [1.165, 1.54) is 7.05 Å². The lowest BCUT2D eigenvalue weighted by Gasteiger charge is -2.24. The first-order valence-electron chi connectivity index (χ1n) is 6.43. The van der Waals surface area contributed by atoms with E-state index in [1.807, 2.05) is 31.2 Å². The lowest BCUT2D eigenvalue weighted by Crippen LogP contribution is -2.29. The smallest absolute Gasteiger partial charge is 0.409 e. The van der Waals surface area contributed by atoms with Gasteiger partial charge in [0.05, 0.1) is 0 Å². The SMILES string of the molecule is CCC[C@H](OC(=O)NC)O[C@H](OC)c1ccccc1I. The molecule has 1 aromatic rings. The highest BCUT2D eigenvalue weighted by Crippen LogP contribution is 2.26.